The summed E-state index contributed by atoms with van der Waals surface area (Å²) in [5.41, 5.74) is 6.96. The second kappa shape index (κ2) is 4.95. The predicted molar refractivity (Wildman–Crippen MR) is 65.2 cm³/mol. The molecule has 0 amide bonds. The van der Waals surface area contributed by atoms with E-state index in [0.717, 1.165) is 6.08 Å². The van der Waals surface area contributed by atoms with Gasteiger partial charge in [-0.15, -0.1) is 0 Å². The Bertz CT molecular complexity index is 535. The Kier molecular flexibility index (Phi) is 3.50. The number of allylic oxidation sites excluding steroid dienone is 3. The van der Waals surface area contributed by atoms with Gasteiger partial charge in [-0.05, 0) is 12.5 Å². The van der Waals surface area contributed by atoms with E-state index in [-0.39, 0.29) is 6.42 Å². The van der Waals surface area contributed by atoms with Crippen LogP contribution in [0.2, 0.25) is 0 Å². The minimum Gasteiger partial charge on any atom is -0.495 e. The standard InChI is InChI=1S/C13H13F3N2O/c1-19-10-4-8(6-18-7-10)11-5-9(13(14,15)16)2-3-12(11)17/h3-7,9H,2,17H2,1H3. The van der Waals surface area contributed by atoms with Crippen LogP contribution in [0.25, 0.3) is 5.57 Å². The molecule has 2 N–H and O–H groups in total. The lowest BCUT2D eigenvalue weighted by atomic mass is 9.90. The highest BCUT2D eigenvalue weighted by atomic mass is 19.4. The fourth-order valence-corrected chi connectivity index (χ4v) is 1.90. The van der Waals surface area contributed by atoms with Crippen molar-refractivity contribution in [1.82, 2.24) is 4.98 Å². The van der Waals surface area contributed by atoms with E-state index in [2.05, 4.69) is 4.98 Å². The summed E-state index contributed by atoms with van der Waals surface area (Å²) in [4.78, 5) is 3.92. The first-order chi connectivity index (χ1) is 8.91. The van der Waals surface area contributed by atoms with Crippen molar-refractivity contribution in [3.63, 3.8) is 0 Å². The molecule has 1 aromatic heterocycles. The van der Waals surface area contributed by atoms with Gasteiger partial charge in [0.05, 0.1) is 19.2 Å². The van der Waals surface area contributed by atoms with Gasteiger partial charge in [-0.25, -0.2) is 0 Å². The summed E-state index contributed by atoms with van der Waals surface area (Å²) in [7, 11) is 1.47. The molecule has 0 fully saturated rings. The number of rotatable bonds is 2. The van der Waals surface area contributed by atoms with Crippen molar-refractivity contribution in [3.8, 4) is 5.75 Å². The smallest absolute Gasteiger partial charge is 0.395 e. The number of halogens is 3. The third-order valence-corrected chi connectivity index (χ3v) is 2.95. The number of alkyl halides is 3. The third kappa shape index (κ3) is 2.89. The molecule has 0 radical (unpaired) electrons. The second-order valence-corrected chi connectivity index (χ2v) is 4.24. The van der Waals surface area contributed by atoms with Crippen LogP contribution in [0.5, 0.6) is 5.75 Å². The molecule has 1 heterocycles. The number of hydrogen-bond donors (Lipinski definition) is 1. The molecule has 0 saturated carbocycles. The highest BCUT2D eigenvalue weighted by Gasteiger charge is 2.39. The third-order valence-electron chi connectivity index (χ3n) is 2.95. The highest BCUT2D eigenvalue weighted by molar-refractivity contribution is 5.79. The Balaban J connectivity index is 2.40. The zero-order chi connectivity index (χ0) is 14.0. The van der Waals surface area contributed by atoms with Gasteiger partial charge in [0.1, 0.15) is 5.75 Å². The fraction of sp³-hybridized carbons (Fsp3) is 0.308. The molecule has 0 spiro atoms. The molecule has 2 rings (SSSR count). The monoisotopic (exact) mass is 270 g/mol. The summed E-state index contributed by atoms with van der Waals surface area (Å²) in [6.07, 6.45) is 1.09. The molecule has 102 valence electrons. The number of ether oxygens (including phenoxy) is 1. The Morgan fingerprint density at radius 2 is 2.11 bits per heavy atom. The first-order valence-electron chi connectivity index (χ1n) is 5.65. The van der Waals surface area contributed by atoms with E-state index < -0.39 is 12.1 Å². The lowest BCUT2D eigenvalue weighted by molar-refractivity contribution is -0.160. The van der Waals surface area contributed by atoms with Gasteiger partial charge in [-0.1, -0.05) is 12.2 Å². The number of nitrogens with zero attached hydrogens (tertiary/aromatic N) is 1. The molecule has 1 aliphatic carbocycles. The van der Waals surface area contributed by atoms with E-state index in [9.17, 15) is 13.2 Å². The largest absolute Gasteiger partial charge is 0.495 e. The van der Waals surface area contributed by atoms with E-state index >= 15 is 0 Å². The predicted octanol–water partition coefficient (Wildman–Crippen LogP) is 2.90. The number of pyridine rings is 1. The van der Waals surface area contributed by atoms with Crippen LogP contribution in [0.3, 0.4) is 0 Å². The molecule has 1 aromatic rings. The number of methoxy groups -OCH3 is 1. The Morgan fingerprint density at radius 3 is 2.74 bits per heavy atom. The molecule has 1 aliphatic rings. The zero-order valence-electron chi connectivity index (χ0n) is 10.2. The van der Waals surface area contributed by atoms with Crippen molar-refractivity contribution in [2.45, 2.75) is 12.6 Å². The van der Waals surface area contributed by atoms with E-state index in [4.69, 9.17) is 10.5 Å². The van der Waals surface area contributed by atoms with Gasteiger partial charge in [0.25, 0.3) is 0 Å². The van der Waals surface area contributed by atoms with E-state index in [1.807, 2.05) is 0 Å². The van der Waals surface area contributed by atoms with Crippen LogP contribution >= 0.6 is 0 Å². The average Bonchev–Trinajstić information content (AvgIpc) is 2.38. The molecule has 3 nitrogen and oxygen atoms in total. The van der Waals surface area contributed by atoms with Crippen molar-refractivity contribution in [2.75, 3.05) is 7.11 Å². The highest BCUT2D eigenvalue weighted by Crippen LogP contribution is 2.37. The number of hydrogen-bond acceptors (Lipinski definition) is 3. The molecule has 1 unspecified atom stereocenters. The summed E-state index contributed by atoms with van der Waals surface area (Å²) in [5, 5.41) is 0. The molecular formula is C13H13F3N2O. The topological polar surface area (TPSA) is 48.1 Å². The Hall–Kier alpha value is -1.98. The molecule has 1 atom stereocenters. The maximum Gasteiger partial charge on any atom is 0.395 e. The normalized spacial score (nSPS) is 19.7. The number of nitrogens with two attached hydrogens (primary N) is 1. The lowest BCUT2D eigenvalue weighted by Crippen LogP contribution is -2.23. The maximum absolute atomic E-state index is 12.7. The van der Waals surface area contributed by atoms with Gasteiger partial charge in [0.2, 0.25) is 0 Å². The van der Waals surface area contributed by atoms with Gasteiger partial charge in [-0.3, -0.25) is 4.98 Å². The average molecular weight is 270 g/mol. The lowest BCUT2D eigenvalue weighted by Gasteiger charge is -2.22. The summed E-state index contributed by atoms with van der Waals surface area (Å²) in [5.74, 6) is -1.04. The molecular weight excluding hydrogens is 257 g/mol. The van der Waals surface area contributed by atoms with Gasteiger partial charge in [0, 0.05) is 23.0 Å². The van der Waals surface area contributed by atoms with Crippen molar-refractivity contribution in [3.05, 3.63) is 41.9 Å². The molecule has 0 aromatic carbocycles. The number of aromatic nitrogens is 1. The fourth-order valence-electron chi connectivity index (χ4n) is 1.90. The zero-order valence-corrected chi connectivity index (χ0v) is 10.2. The van der Waals surface area contributed by atoms with Crippen LogP contribution in [0.4, 0.5) is 13.2 Å². The van der Waals surface area contributed by atoms with Gasteiger partial charge >= 0.3 is 6.18 Å². The van der Waals surface area contributed by atoms with E-state index in [0.29, 0.717) is 22.6 Å². The van der Waals surface area contributed by atoms with E-state index in [1.165, 1.54) is 25.6 Å². The summed E-state index contributed by atoms with van der Waals surface area (Å²) >= 11 is 0. The minimum absolute atomic E-state index is 0.129. The van der Waals surface area contributed by atoms with Crippen molar-refractivity contribution in [1.29, 1.82) is 0 Å². The Morgan fingerprint density at radius 1 is 1.37 bits per heavy atom. The molecule has 0 aliphatic heterocycles. The second-order valence-electron chi connectivity index (χ2n) is 4.24. The molecule has 19 heavy (non-hydrogen) atoms. The van der Waals surface area contributed by atoms with E-state index in [1.54, 1.807) is 6.07 Å². The maximum atomic E-state index is 12.7. The van der Waals surface area contributed by atoms with Crippen LogP contribution in [0.15, 0.2) is 36.3 Å². The SMILES string of the molecule is COc1cncc(C2=CC(C(F)(F)F)CC=C2N)c1. The van der Waals surface area contributed by atoms with Crippen molar-refractivity contribution < 1.29 is 17.9 Å². The first kappa shape index (κ1) is 13.5. The van der Waals surface area contributed by atoms with Gasteiger partial charge in [-0.2, -0.15) is 13.2 Å². The quantitative estimate of drug-likeness (QED) is 0.898. The minimum atomic E-state index is -4.27. The van der Waals surface area contributed by atoms with Crippen molar-refractivity contribution in [2.24, 2.45) is 11.7 Å². The van der Waals surface area contributed by atoms with Crippen LogP contribution in [-0.2, 0) is 0 Å². The molecule has 6 heteroatoms. The van der Waals surface area contributed by atoms with Crippen LogP contribution < -0.4 is 10.5 Å². The summed E-state index contributed by atoms with van der Waals surface area (Å²) < 4.78 is 43.2. The van der Waals surface area contributed by atoms with Crippen molar-refractivity contribution >= 4 is 5.57 Å². The first-order valence-corrected chi connectivity index (χ1v) is 5.65. The van der Waals surface area contributed by atoms with Gasteiger partial charge in [0.15, 0.2) is 0 Å². The van der Waals surface area contributed by atoms with Crippen LogP contribution in [0, 0.1) is 5.92 Å². The molecule has 0 bridgehead atoms. The Labute approximate surface area is 108 Å². The van der Waals surface area contributed by atoms with Crippen LogP contribution in [-0.4, -0.2) is 18.3 Å². The van der Waals surface area contributed by atoms with Gasteiger partial charge < -0.3 is 10.5 Å². The summed E-state index contributed by atoms with van der Waals surface area (Å²) in [6.45, 7) is 0. The summed E-state index contributed by atoms with van der Waals surface area (Å²) in [6, 6.07) is 1.61. The van der Waals surface area contributed by atoms with Crippen LogP contribution in [0.1, 0.15) is 12.0 Å². The molecule has 0 saturated heterocycles.